The summed E-state index contributed by atoms with van der Waals surface area (Å²) in [6.07, 6.45) is 1.75. The minimum absolute atomic E-state index is 0.0309. The summed E-state index contributed by atoms with van der Waals surface area (Å²) in [6, 6.07) is 16.9. The molecule has 3 aromatic rings. The van der Waals surface area contributed by atoms with Gasteiger partial charge in [-0.25, -0.2) is 9.18 Å². The first kappa shape index (κ1) is 22.0. The molecular formula is C23H26FN5O2. The second kappa shape index (κ2) is 10.9. The van der Waals surface area contributed by atoms with Gasteiger partial charge in [0.2, 0.25) is 5.91 Å². The van der Waals surface area contributed by atoms with Gasteiger partial charge in [0.1, 0.15) is 5.82 Å². The Morgan fingerprint density at radius 2 is 1.84 bits per heavy atom. The number of hydrogen-bond acceptors (Lipinski definition) is 3. The highest BCUT2D eigenvalue weighted by Crippen LogP contribution is 2.18. The molecule has 0 unspecified atom stereocenters. The summed E-state index contributed by atoms with van der Waals surface area (Å²) >= 11 is 0. The molecule has 162 valence electrons. The minimum atomic E-state index is -0.335. The molecule has 7 nitrogen and oxygen atoms in total. The number of carbonyl (C=O) groups is 2. The SMILES string of the molecule is CN(CCCc1cc(-c2ccc(F)cc2)n[nH]1)C(=O)CCNC(=O)Nc1ccccc1. The van der Waals surface area contributed by atoms with Crippen LogP contribution in [0, 0.1) is 5.82 Å². The quantitative estimate of drug-likeness (QED) is 0.489. The molecule has 0 spiro atoms. The number of aryl methyl sites for hydroxylation is 1. The van der Waals surface area contributed by atoms with Gasteiger partial charge >= 0.3 is 6.03 Å². The number of nitrogens with one attached hydrogen (secondary N) is 3. The molecule has 3 N–H and O–H groups in total. The lowest BCUT2D eigenvalue weighted by molar-refractivity contribution is -0.129. The van der Waals surface area contributed by atoms with Gasteiger partial charge in [-0.15, -0.1) is 0 Å². The largest absolute Gasteiger partial charge is 0.346 e. The van der Waals surface area contributed by atoms with Crippen LogP contribution in [-0.2, 0) is 11.2 Å². The second-order valence-electron chi connectivity index (χ2n) is 7.20. The average Bonchev–Trinajstić information content (AvgIpc) is 3.23. The zero-order valence-electron chi connectivity index (χ0n) is 17.4. The monoisotopic (exact) mass is 423 g/mol. The highest BCUT2D eigenvalue weighted by Gasteiger charge is 2.10. The van der Waals surface area contributed by atoms with Crippen molar-refractivity contribution < 1.29 is 14.0 Å². The van der Waals surface area contributed by atoms with Crippen molar-refractivity contribution in [1.29, 1.82) is 0 Å². The summed E-state index contributed by atoms with van der Waals surface area (Å²) in [4.78, 5) is 25.7. The van der Waals surface area contributed by atoms with Crippen LogP contribution in [0.15, 0.2) is 60.7 Å². The van der Waals surface area contributed by atoms with E-state index in [4.69, 9.17) is 0 Å². The standard InChI is InChI=1S/C23H26FN5O2/c1-29(22(30)13-14-25-23(31)26-19-6-3-2-4-7-19)15-5-8-20-16-21(28-27-20)17-9-11-18(24)12-10-17/h2-4,6-7,9-12,16H,5,8,13-15H2,1H3,(H,27,28)(H2,25,26,31). The number of urea groups is 1. The van der Waals surface area contributed by atoms with Crippen LogP contribution in [-0.4, -0.2) is 47.2 Å². The van der Waals surface area contributed by atoms with Crippen LogP contribution in [0.2, 0.25) is 0 Å². The number of carbonyl (C=O) groups excluding carboxylic acids is 2. The van der Waals surface area contributed by atoms with E-state index in [0.29, 0.717) is 12.2 Å². The van der Waals surface area contributed by atoms with E-state index in [0.717, 1.165) is 29.8 Å². The van der Waals surface area contributed by atoms with Gasteiger partial charge in [-0.05, 0) is 55.3 Å². The summed E-state index contributed by atoms with van der Waals surface area (Å²) in [7, 11) is 1.75. The maximum absolute atomic E-state index is 13.0. The highest BCUT2D eigenvalue weighted by atomic mass is 19.1. The number of nitrogens with zero attached hydrogens (tertiary/aromatic N) is 2. The van der Waals surface area contributed by atoms with E-state index < -0.39 is 0 Å². The van der Waals surface area contributed by atoms with E-state index in [1.165, 1.54) is 12.1 Å². The molecule has 1 heterocycles. The predicted octanol–water partition coefficient (Wildman–Crippen LogP) is 3.82. The molecule has 0 aliphatic carbocycles. The Hall–Kier alpha value is -3.68. The summed E-state index contributed by atoms with van der Waals surface area (Å²) in [5.41, 5.74) is 3.27. The first-order valence-corrected chi connectivity index (χ1v) is 10.2. The Bertz CT molecular complexity index is 989. The minimum Gasteiger partial charge on any atom is -0.346 e. The third kappa shape index (κ3) is 6.95. The summed E-state index contributed by atoms with van der Waals surface area (Å²) in [6.45, 7) is 0.864. The molecule has 3 amide bonds. The van der Waals surface area contributed by atoms with E-state index in [9.17, 15) is 14.0 Å². The Morgan fingerprint density at radius 1 is 1.10 bits per heavy atom. The van der Waals surface area contributed by atoms with Gasteiger partial charge < -0.3 is 15.5 Å². The van der Waals surface area contributed by atoms with Gasteiger partial charge in [0, 0.05) is 43.5 Å². The highest BCUT2D eigenvalue weighted by molar-refractivity contribution is 5.89. The molecule has 0 aliphatic heterocycles. The number of H-pyrrole nitrogens is 1. The van der Waals surface area contributed by atoms with Gasteiger partial charge in [0.05, 0.1) is 5.69 Å². The van der Waals surface area contributed by atoms with E-state index in [2.05, 4.69) is 20.8 Å². The second-order valence-corrected chi connectivity index (χ2v) is 7.20. The van der Waals surface area contributed by atoms with Gasteiger partial charge in [-0.2, -0.15) is 5.10 Å². The fourth-order valence-electron chi connectivity index (χ4n) is 3.06. The molecule has 0 aliphatic rings. The summed E-state index contributed by atoms with van der Waals surface area (Å²) < 4.78 is 13.0. The zero-order chi connectivity index (χ0) is 22.1. The Balaban J connectivity index is 1.34. The Kier molecular flexibility index (Phi) is 7.75. The lowest BCUT2D eigenvalue weighted by Crippen LogP contribution is -2.34. The normalized spacial score (nSPS) is 10.5. The summed E-state index contributed by atoms with van der Waals surface area (Å²) in [5, 5.41) is 12.6. The average molecular weight is 423 g/mol. The maximum atomic E-state index is 13.0. The number of hydrogen-bond donors (Lipinski definition) is 3. The van der Waals surface area contributed by atoms with Crippen molar-refractivity contribution in [2.24, 2.45) is 0 Å². The van der Waals surface area contributed by atoms with Crippen LogP contribution in [0.3, 0.4) is 0 Å². The van der Waals surface area contributed by atoms with E-state index in [1.54, 1.807) is 36.2 Å². The maximum Gasteiger partial charge on any atom is 0.319 e. The molecule has 31 heavy (non-hydrogen) atoms. The van der Waals surface area contributed by atoms with Gasteiger partial charge in [0.15, 0.2) is 0 Å². The molecule has 0 fully saturated rings. The van der Waals surface area contributed by atoms with Gasteiger partial charge in [0.25, 0.3) is 0 Å². The number of benzene rings is 2. The summed E-state index contributed by atoms with van der Waals surface area (Å²) in [5.74, 6) is -0.309. The van der Waals surface area contributed by atoms with E-state index in [1.807, 2.05) is 24.3 Å². The number of rotatable bonds is 9. The van der Waals surface area contributed by atoms with Crippen LogP contribution < -0.4 is 10.6 Å². The smallest absolute Gasteiger partial charge is 0.319 e. The predicted molar refractivity (Wildman–Crippen MR) is 118 cm³/mol. The van der Waals surface area contributed by atoms with Crippen molar-refractivity contribution in [2.75, 3.05) is 25.5 Å². The number of para-hydroxylation sites is 1. The first-order valence-electron chi connectivity index (χ1n) is 10.2. The van der Waals surface area contributed by atoms with E-state index >= 15 is 0 Å². The number of aromatic amines is 1. The number of amides is 3. The van der Waals surface area contributed by atoms with Crippen molar-refractivity contribution in [3.05, 3.63) is 72.2 Å². The first-order chi connectivity index (χ1) is 15.0. The zero-order valence-corrected chi connectivity index (χ0v) is 17.4. The fourth-order valence-corrected chi connectivity index (χ4v) is 3.06. The van der Waals surface area contributed by atoms with Crippen LogP contribution >= 0.6 is 0 Å². The van der Waals surface area contributed by atoms with Gasteiger partial charge in [-0.3, -0.25) is 9.89 Å². The number of halogens is 1. The van der Waals surface area contributed by atoms with Crippen LogP contribution in [0.4, 0.5) is 14.9 Å². The van der Waals surface area contributed by atoms with Gasteiger partial charge in [-0.1, -0.05) is 18.2 Å². The lowest BCUT2D eigenvalue weighted by atomic mass is 10.1. The van der Waals surface area contributed by atoms with Crippen molar-refractivity contribution in [2.45, 2.75) is 19.3 Å². The Morgan fingerprint density at radius 3 is 2.58 bits per heavy atom. The molecule has 0 atom stereocenters. The molecule has 2 aromatic carbocycles. The molecule has 1 aromatic heterocycles. The van der Waals surface area contributed by atoms with Crippen molar-refractivity contribution in [1.82, 2.24) is 20.4 Å². The molecule has 0 saturated carbocycles. The van der Waals surface area contributed by atoms with Crippen molar-refractivity contribution >= 4 is 17.6 Å². The molecule has 3 rings (SSSR count). The van der Waals surface area contributed by atoms with E-state index in [-0.39, 0.29) is 30.7 Å². The number of aromatic nitrogens is 2. The van der Waals surface area contributed by atoms with Crippen LogP contribution in [0.5, 0.6) is 0 Å². The van der Waals surface area contributed by atoms with Crippen LogP contribution in [0.25, 0.3) is 11.3 Å². The van der Waals surface area contributed by atoms with Crippen LogP contribution in [0.1, 0.15) is 18.5 Å². The number of anilines is 1. The topological polar surface area (TPSA) is 90.1 Å². The lowest BCUT2D eigenvalue weighted by Gasteiger charge is -2.17. The molecular weight excluding hydrogens is 397 g/mol. The fraction of sp³-hybridized carbons (Fsp3) is 0.261. The molecule has 0 radical (unpaired) electrons. The third-order valence-electron chi connectivity index (χ3n) is 4.79. The van der Waals surface area contributed by atoms with Crippen molar-refractivity contribution in [3.63, 3.8) is 0 Å². The third-order valence-corrected chi connectivity index (χ3v) is 4.79. The van der Waals surface area contributed by atoms with Crippen molar-refractivity contribution in [3.8, 4) is 11.3 Å². The molecule has 0 bridgehead atoms. The molecule has 8 heteroatoms. The Labute approximate surface area is 180 Å². The molecule has 0 saturated heterocycles.